The van der Waals surface area contributed by atoms with Crippen molar-refractivity contribution >= 4 is 21.8 Å². The SMILES string of the molecule is O=C(NNC(=O)c1ccc(CNS(=O)(=O)c2ccccc2F)cc1)c1ccccc1. The fourth-order valence-electron chi connectivity index (χ4n) is 2.54. The number of carbonyl (C=O) groups is 2. The van der Waals surface area contributed by atoms with Crippen molar-refractivity contribution in [3.63, 3.8) is 0 Å². The number of hydrogen-bond donors (Lipinski definition) is 3. The molecule has 9 heteroatoms. The van der Waals surface area contributed by atoms with Crippen LogP contribution in [-0.2, 0) is 16.6 Å². The van der Waals surface area contributed by atoms with E-state index in [1.54, 1.807) is 42.5 Å². The van der Waals surface area contributed by atoms with Crippen molar-refractivity contribution in [1.82, 2.24) is 15.6 Å². The van der Waals surface area contributed by atoms with Crippen LogP contribution in [0.4, 0.5) is 4.39 Å². The van der Waals surface area contributed by atoms with Crippen LogP contribution in [0.2, 0.25) is 0 Å². The Morgan fingerprint density at radius 3 is 1.87 bits per heavy atom. The second-order valence-corrected chi connectivity index (χ2v) is 7.96. The molecule has 3 rings (SSSR count). The second kappa shape index (κ2) is 9.29. The summed E-state index contributed by atoms with van der Waals surface area (Å²) in [6.07, 6.45) is 0. The predicted molar refractivity (Wildman–Crippen MR) is 108 cm³/mol. The Balaban J connectivity index is 1.56. The molecule has 7 nitrogen and oxygen atoms in total. The Morgan fingerprint density at radius 2 is 1.27 bits per heavy atom. The zero-order valence-corrected chi connectivity index (χ0v) is 16.4. The molecule has 0 aliphatic heterocycles. The number of benzene rings is 3. The third-order valence-electron chi connectivity index (χ3n) is 4.13. The number of halogens is 1. The molecule has 3 aromatic carbocycles. The van der Waals surface area contributed by atoms with Crippen LogP contribution >= 0.6 is 0 Å². The molecule has 0 saturated heterocycles. The van der Waals surface area contributed by atoms with Gasteiger partial charge in [-0.05, 0) is 42.0 Å². The molecule has 0 aliphatic rings. The number of sulfonamides is 1. The maximum absolute atomic E-state index is 13.7. The summed E-state index contributed by atoms with van der Waals surface area (Å²) < 4.78 is 40.4. The van der Waals surface area contributed by atoms with Gasteiger partial charge in [-0.3, -0.25) is 20.4 Å². The molecule has 3 aromatic rings. The van der Waals surface area contributed by atoms with Gasteiger partial charge in [-0.15, -0.1) is 0 Å². The van der Waals surface area contributed by atoms with Crippen molar-refractivity contribution in [3.05, 3.63) is 101 Å². The largest absolute Gasteiger partial charge is 0.269 e. The predicted octanol–water partition coefficient (Wildman–Crippen LogP) is 2.38. The van der Waals surface area contributed by atoms with Gasteiger partial charge >= 0.3 is 0 Å². The zero-order chi connectivity index (χ0) is 21.6. The van der Waals surface area contributed by atoms with E-state index < -0.39 is 32.6 Å². The minimum atomic E-state index is -4.01. The zero-order valence-electron chi connectivity index (χ0n) is 15.6. The van der Waals surface area contributed by atoms with Crippen molar-refractivity contribution in [1.29, 1.82) is 0 Å². The van der Waals surface area contributed by atoms with E-state index in [1.165, 1.54) is 30.3 Å². The topological polar surface area (TPSA) is 104 Å². The molecule has 30 heavy (non-hydrogen) atoms. The molecule has 0 radical (unpaired) electrons. The first-order chi connectivity index (χ1) is 14.4. The first-order valence-corrected chi connectivity index (χ1v) is 10.3. The molecule has 0 fully saturated rings. The highest BCUT2D eigenvalue weighted by Gasteiger charge is 2.18. The number of hydrazine groups is 1. The van der Waals surface area contributed by atoms with E-state index in [4.69, 9.17) is 0 Å². The Kier molecular flexibility index (Phi) is 6.55. The molecule has 0 bridgehead atoms. The summed E-state index contributed by atoms with van der Waals surface area (Å²) >= 11 is 0. The molecule has 0 saturated carbocycles. The lowest BCUT2D eigenvalue weighted by Gasteiger charge is -2.09. The van der Waals surface area contributed by atoms with Crippen molar-refractivity contribution in [2.24, 2.45) is 0 Å². The summed E-state index contributed by atoms with van der Waals surface area (Å²) in [5.41, 5.74) is 5.86. The lowest BCUT2D eigenvalue weighted by atomic mass is 10.1. The van der Waals surface area contributed by atoms with Crippen LogP contribution in [0.5, 0.6) is 0 Å². The van der Waals surface area contributed by atoms with Gasteiger partial charge in [0.25, 0.3) is 11.8 Å². The highest BCUT2D eigenvalue weighted by molar-refractivity contribution is 7.89. The van der Waals surface area contributed by atoms with Gasteiger partial charge < -0.3 is 0 Å². The Morgan fingerprint density at radius 1 is 0.733 bits per heavy atom. The van der Waals surface area contributed by atoms with E-state index in [0.717, 1.165) is 6.07 Å². The molecule has 3 N–H and O–H groups in total. The quantitative estimate of drug-likeness (QED) is 0.526. The summed E-state index contributed by atoms with van der Waals surface area (Å²) in [5, 5.41) is 0. The Hall–Kier alpha value is -3.56. The number of rotatable bonds is 6. The lowest BCUT2D eigenvalue weighted by Crippen LogP contribution is -2.41. The average Bonchev–Trinajstić information content (AvgIpc) is 2.77. The van der Waals surface area contributed by atoms with Gasteiger partial charge in [0.05, 0.1) is 0 Å². The first kappa shape index (κ1) is 21.2. The van der Waals surface area contributed by atoms with Gasteiger partial charge in [-0.25, -0.2) is 17.5 Å². The minimum absolute atomic E-state index is 0.0800. The van der Waals surface area contributed by atoms with Crippen LogP contribution in [0.3, 0.4) is 0 Å². The van der Waals surface area contributed by atoms with Crippen molar-refractivity contribution in [3.8, 4) is 0 Å². The number of amides is 2. The van der Waals surface area contributed by atoms with Crippen molar-refractivity contribution < 1.29 is 22.4 Å². The molecule has 154 valence electrons. The normalized spacial score (nSPS) is 11.0. The summed E-state index contributed by atoms with van der Waals surface area (Å²) in [4.78, 5) is 23.7. The smallest absolute Gasteiger partial charge is 0.267 e. The maximum Gasteiger partial charge on any atom is 0.269 e. The molecule has 0 heterocycles. The second-order valence-electron chi connectivity index (χ2n) is 6.23. The summed E-state index contributed by atoms with van der Waals surface area (Å²) in [7, 11) is -4.01. The van der Waals surface area contributed by atoms with Gasteiger partial charge in [-0.1, -0.05) is 42.5 Å². The first-order valence-electron chi connectivity index (χ1n) is 8.86. The van der Waals surface area contributed by atoms with Crippen molar-refractivity contribution in [2.45, 2.75) is 11.4 Å². The molecule has 0 aliphatic carbocycles. The van der Waals surface area contributed by atoms with Gasteiger partial charge in [0.1, 0.15) is 10.7 Å². The van der Waals surface area contributed by atoms with Gasteiger partial charge in [0, 0.05) is 17.7 Å². The van der Waals surface area contributed by atoms with Gasteiger partial charge in [0.2, 0.25) is 10.0 Å². The fourth-order valence-corrected chi connectivity index (χ4v) is 3.63. The summed E-state index contributed by atoms with van der Waals surface area (Å²) in [5.74, 6) is -1.82. The van der Waals surface area contributed by atoms with E-state index in [0.29, 0.717) is 11.1 Å². The number of nitrogens with one attached hydrogen (secondary N) is 3. The highest BCUT2D eigenvalue weighted by Crippen LogP contribution is 2.14. The van der Waals surface area contributed by atoms with Gasteiger partial charge in [-0.2, -0.15) is 0 Å². The number of carbonyl (C=O) groups excluding carboxylic acids is 2. The Bertz CT molecular complexity index is 1150. The van der Waals surface area contributed by atoms with Crippen LogP contribution in [-0.4, -0.2) is 20.2 Å². The van der Waals surface area contributed by atoms with Crippen LogP contribution in [0.1, 0.15) is 26.3 Å². The highest BCUT2D eigenvalue weighted by atomic mass is 32.2. The standard InChI is InChI=1S/C21H18FN3O4S/c22-18-8-4-5-9-19(18)30(28,29)23-14-15-10-12-17(13-11-15)21(27)25-24-20(26)16-6-2-1-3-7-16/h1-13,23H,14H2,(H,24,26)(H,25,27). The van der Waals surface area contributed by atoms with Crippen LogP contribution in [0, 0.1) is 5.82 Å². The van der Waals surface area contributed by atoms with Gasteiger partial charge in [0.15, 0.2) is 0 Å². The van der Waals surface area contributed by atoms with E-state index in [1.807, 2.05) is 0 Å². The minimum Gasteiger partial charge on any atom is -0.267 e. The molecular formula is C21H18FN3O4S. The number of hydrogen-bond acceptors (Lipinski definition) is 4. The van der Waals surface area contributed by atoms with E-state index in [-0.39, 0.29) is 12.1 Å². The van der Waals surface area contributed by atoms with E-state index in [9.17, 15) is 22.4 Å². The maximum atomic E-state index is 13.7. The molecule has 2 amide bonds. The van der Waals surface area contributed by atoms with E-state index >= 15 is 0 Å². The van der Waals surface area contributed by atoms with Crippen LogP contribution < -0.4 is 15.6 Å². The summed E-state index contributed by atoms with van der Waals surface area (Å²) in [6, 6.07) is 19.6. The lowest BCUT2D eigenvalue weighted by molar-refractivity contribution is 0.0846. The molecular weight excluding hydrogens is 409 g/mol. The van der Waals surface area contributed by atoms with Crippen LogP contribution in [0.25, 0.3) is 0 Å². The van der Waals surface area contributed by atoms with Crippen molar-refractivity contribution in [2.75, 3.05) is 0 Å². The monoisotopic (exact) mass is 427 g/mol. The Labute approximate surface area is 173 Å². The third-order valence-corrected chi connectivity index (χ3v) is 5.57. The molecule has 0 spiro atoms. The molecule has 0 atom stereocenters. The molecule has 0 unspecified atom stereocenters. The van der Waals surface area contributed by atoms with E-state index in [2.05, 4.69) is 15.6 Å². The summed E-state index contributed by atoms with van der Waals surface area (Å²) in [6.45, 7) is -0.0800. The fraction of sp³-hybridized carbons (Fsp3) is 0.0476. The average molecular weight is 427 g/mol. The molecule has 0 aromatic heterocycles. The van der Waals surface area contributed by atoms with Crippen LogP contribution in [0.15, 0.2) is 83.8 Å². The third kappa shape index (κ3) is 5.28.